The van der Waals surface area contributed by atoms with E-state index in [2.05, 4.69) is 79.8 Å². The van der Waals surface area contributed by atoms with Crippen LogP contribution in [0.15, 0.2) is 66.7 Å². The highest BCUT2D eigenvalue weighted by atomic mass is 13.9. The van der Waals surface area contributed by atoms with Crippen LogP contribution in [0.1, 0.15) is 23.1 Å². The van der Waals surface area contributed by atoms with Crippen molar-refractivity contribution in [2.75, 3.05) is 0 Å². The van der Waals surface area contributed by atoms with E-state index in [1.807, 2.05) is 6.07 Å². The van der Waals surface area contributed by atoms with E-state index in [0.29, 0.717) is 0 Å². The van der Waals surface area contributed by atoms with E-state index in [4.69, 9.17) is 0 Å². The summed E-state index contributed by atoms with van der Waals surface area (Å²) in [5.41, 5.74) is 3.81. The molecule has 2 aromatic rings. The predicted molar refractivity (Wildman–Crippen MR) is 80.3 cm³/mol. The van der Waals surface area contributed by atoms with Gasteiger partial charge in [-0.25, -0.2) is 0 Å². The molecule has 0 unspecified atom stereocenters. The molecule has 90 valence electrons. The van der Waals surface area contributed by atoms with Crippen LogP contribution in [0.5, 0.6) is 0 Å². The monoisotopic (exact) mass is 234 g/mol. The van der Waals surface area contributed by atoms with Gasteiger partial charge in [-0.1, -0.05) is 84.5 Å². The average Bonchev–Trinajstić information content (AvgIpc) is 2.42. The standard InChI is InChI=1S/C18H18/c1-16-12-14-18(15-13-16)11-7-3-6-10-17-8-4-2-5-9-17/h2,4-15H,3H2,1H3. The first-order valence-corrected chi connectivity index (χ1v) is 6.29. The van der Waals surface area contributed by atoms with E-state index in [1.54, 1.807) is 0 Å². The van der Waals surface area contributed by atoms with Crippen molar-refractivity contribution in [2.45, 2.75) is 13.3 Å². The molecule has 18 heavy (non-hydrogen) atoms. The summed E-state index contributed by atoms with van der Waals surface area (Å²) in [6, 6.07) is 18.9. The van der Waals surface area contributed by atoms with Crippen LogP contribution in [0.2, 0.25) is 0 Å². The van der Waals surface area contributed by atoms with Crippen molar-refractivity contribution in [2.24, 2.45) is 0 Å². The third-order valence-corrected chi connectivity index (χ3v) is 2.77. The molecule has 0 nitrogen and oxygen atoms in total. The minimum atomic E-state index is 0.961. The van der Waals surface area contributed by atoms with Crippen molar-refractivity contribution in [3.63, 3.8) is 0 Å². The summed E-state index contributed by atoms with van der Waals surface area (Å²) >= 11 is 0. The first-order valence-electron chi connectivity index (χ1n) is 6.29. The van der Waals surface area contributed by atoms with Gasteiger partial charge in [-0.2, -0.15) is 0 Å². The highest BCUT2D eigenvalue weighted by Crippen LogP contribution is 2.06. The minimum Gasteiger partial charge on any atom is -0.0801 e. The van der Waals surface area contributed by atoms with Crippen molar-refractivity contribution in [3.05, 3.63) is 83.4 Å². The molecule has 0 fully saturated rings. The average molecular weight is 234 g/mol. The maximum atomic E-state index is 2.18. The number of rotatable bonds is 4. The molecule has 0 aliphatic rings. The van der Waals surface area contributed by atoms with Gasteiger partial charge in [0.1, 0.15) is 0 Å². The molecule has 0 atom stereocenters. The van der Waals surface area contributed by atoms with Crippen LogP contribution in [-0.4, -0.2) is 0 Å². The molecular formula is C18H18. The van der Waals surface area contributed by atoms with Crippen molar-refractivity contribution >= 4 is 12.2 Å². The number of benzene rings is 2. The molecule has 0 aliphatic heterocycles. The van der Waals surface area contributed by atoms with Crippen LogP contribution in [0.4, 0.5) is 0 Å². The quantitative estimate of drug-likeness (QED) is 0.689. The lowest BCUT2D eigenvalue weighted by Gasteiger charge is -1.94. The van der Waals surface area contributed by atoms with Crippen molar-refractivity contribution in [1.29, 1.82) is 0 Å². The Morgan fingerprint density at radius 1 is 0.722 bits per heavy atom. The summed E-state index contributed by atoms with van der Waals surface area (Å²) in [6.45, 7) is 2.11. The van der Waals surface area contributed by atoms with Gasteiger partial charge in [0.25, 0.3) is 0 Å². The van der Waals surface area contributed by atoms with E-state index in [-0.39, 0.29) is 0 Å². The van der Waals surface area contributed by atoms with Gasteiger partial charge in [-0.15, -0.1) is 0 Å². The van der Waals surface area contributed by atoms with Gasteiger partial charge in [-0.3, -0.25) is 0 Å². The van der Waals surface area contributed by atoms with Gasteiger partial charge >= 0.3 is 0 Å². The van der Waals surface area contributed by atoms with Crippen LogP contribution in [-0.2, 0) is 0 Å². The second-order valence-corrected chi connectivity index (χ2v) is 4.36. The molecule has 0 saturated heterocycles. The lowest BCUT2D eigenvalue weighted by atomic mass is 10.1. The van der Waals surface area contributed by atoms with Crippen LogP contribution >= 0.6 is 0 Å². The normalized spacial score (nSPS) is 11.4. The Balaban J connectivity index is 1.85. The fourth-order valence-corrected chi connectivity index (χ4v) is 1.73. The van der Waals surface area contributed by atoms with E-state index in [0.717, 1.165) is 6.42 Å². The van der Waals surface area contributed by atoms with E-state index in [1.165, 1.54) is 16.7 Å². The summed E-state index contributed by atoms with van der Waals surface area (Å²) in [7, 11) is 0. The molecule has 0 heteroatoms. The fourth-order valence-electron chi connectivity index (χ4n) is 1.73. The van der Waals surface area contributed by atoms with Gasteiger partial charge < -0.3 is 0 Å². The first kappa shape index (κ1) is 12.4. The fraction of sp³-hybridized carbons (Fsp3) is 0.111. The summed E-state index contributed by atoms with van der Waals surface area (Å²) in [5.74, 6) is 0. The molecule has 0 radical (unpaired) electrons. The van der Waals surface area contributed by atoms with Gasteiger partial charge in [0.2, 0.25) is 0 Å². The zero-order valence-electron chi connectivity index (χ0n) is 10.7. The number of allylic oxidation sites excluding steroid dienone is 2. The Kier molecular flexibility index (Phi) is 4.54. The number of hydrogen-bond donors (Lipinski definition) is 0. The Hall–Kier alpha value is -2.08. The van der Waals surface area contributed by atoms with Crippen molar-refractivity contribution in [1.82, 2.24) is 0 Å². The summed E-state index contributed by atoms with van der Waals surface area (Å²) in [5, 5.41) is 0. The second kappa shape index (κ2) is 6.61. The SMILES string of the molecule is Cc1ccc(C=CCC=Cc2ccccc2)cc1. The second-order valence-electron chi connectivity index (χ2n) is 4.36. The Bertz CT molecular complexity index is 516. The Labute approximate surface area is 109 Å². The smallest absolute Gasteiger partial charge is 0.0163 e. The Morgan fingerprint density at radius 3 is 1.89 bits per heavy atom. The summed E-state index contributed by atoms with van der Waals surface area (Å²) < 4.78 is 0. The zero-order chi connectivity index (χ0) is 12.6. The van der Waals surface area contributed by atoms with E-state index in [9.17, 15) is 0 Å². The third-order valence-electron chi connectivity index (χ3n) is 2.77. The molecule has 0 N–H and O–H groups in total. The first-order chi connectivity index (χ1) is 8.84. The largest absolute Gasteiger partial charge is 0.0801 e. The van der Waals surface area contributed by atoms with E-state index < -0.39 is 0 Å². The topological polar surface area (TPSA) is 0 Å². The van der Waals surface area contributed by atoms with Crippen molar-refractivity contribution < 1.29 is 0 Å². The maximum absolute atomic E-state index is 2.18. The zero-order valence-corrected chi connectivity index (χ0v) is 10.7. The van der Waals surface area contributed by atoms with Crippen LogP contribution < -0.4 is 0 Å². The highest BCUT2D eigenvalue weighted by molar-refractivity contribution is 5.52. The highest BCUT2D eigenvalue weighted by Gasteiger charge is 1.85. The molecule has 0 aliphatic carbocycles. The number of aryl methyl sites for hydroxylation is 1. The van der Waals surface area contributed by atoms with Crippen molar-refractivity contribution in [3.8, 4) is 0 Å². The summed E-state index contributed by atoms with van der Waals surface area (Å²) in [4.78, 5) is 0. The molecule has 2 aromatic carbocycles. The molecule has 0 aromatic heterocycles. The van der Waals surface area contributed by atoms with Gasteiger partial charge in [0.15, 0.2) is 0 Å². The van der Waals surface area contributed by atoms with E-state index >= 15 is 0 Å². The molecule has 2 rings (SSSR count). The molecule has 0 bridgehead atoms. The molecule has 0 spiro atoms. The third kappa shape index (κ3) is 4.06. The van der Waals surface area contributed by atoms with Gasteiger partial charge in [0.05, 0.1) is 0 Å². The molecular weight excluding hydrogens is 216 g/mol. The van der Waals surface area contributed by atoms with Gasteiger partial charge in [0, 0.05) is 0 Å². The lowest BCUT2D eigenvalue weighted by Crippen LogP contribution is -1.73. The van der Waals surface area contributed by atoms with Gasteiger partial charge in [-0.05, 0) is 24.5 Å². The molecule has 0 saturated carbocycles. The predicted octanol–water partition coefficient (Wildman–Crippen LogP) is 5.11. The Morgan fingerprint density at radius 2 is 1.28 bits per heavy atom. The van der Waals surface area contributed by atoms with Crippen LogP contribution in [0.3, 0.4) is 0 Å². The minimum absolute atomic E-state index is 0.961. The maximum Gasteiger partial charge on any atom is -0.0163 e. The summed E-state index contributed by atoms with van der Waals surface area (Å²) in [6.07, 6.45) is 9.64. The molecule has 0 heterocycles. The lowest BCUT2D eigenvalue weighted by molar-refractivity contribution is 1.41. The molecule has 0 amide bonds. The number of hydrogen-bond acceptors (Lipinski definition) is 0. The van der Waals surface area contributed by atoms with Crippen LogP contribution in [0, 0.1) is 6.92 Å². The van der Waals surface area contributed by atoms with Crippen LogP contribution in [0.25, 0.3) is 12.2 Å².